The van der Waals surface area contributed by atoms with Gasteiger partial charge in [-0.05, 0) is 44.0 Å². The molecule has 0 atom stereocenters. The molecule has 0 aromatic heterocycles. The van der Waals surface area contributed by atoms with Crippen LogP contribution in [-0.4, -0.2) is 24.4 Å². The molecular formula is C19H20F3N3O3. The van der Waals surface area contributed by atoms with E-state index in [-0.39, 0.29) is 12.2 Å². The van der Waals surface area contributed by atoms with Crippen molar-refractivity contribution >= 4 is 23.0 Å². The lowest BCUT2D eigenvalue weighted by atomic mass is 10.1. The minimum absolute atomic E-state index is 0.0782. The molecule has 0 aliphatic rings. The first-order chi connectivity index (χ1) is 12.9. The van der Waals surface area contributed by atoms with E-state index < -0.39 is 28.3 Å². The fourth-order valence-electron chi connectivity index (χ4n) is 3.03. The number of nitro benzene ring substituents is 1. The number of nitrogens with one attached hydrogen (secondary N) is 1. The summed E-state index contributed by atoms with van der Waals surface area (Å²) >= 11 is 0. The van der Waals surface area contributed by atoms with E-state index in [1.807, 2.05) is 32.9 Å². The van der Waals surface area contributed by atoms with Crippen LogP contribution in [0.25, 0.3) is 0 Å². The summed E-state index contributed by atoms with van der Waals surface area (Å²) in [7, 11) is 1.41. The van der Waals surface area contributed by atoms with Gasteiger partial charge in [-0.3, -0.25) is 14.9 Å². The summed E-state index contributed by atoms with van der Waals surface area (Å²) in [6.07, 6.45) is -4.69. The summed E-state index contributed by atoms with van der Waals surface area (Å²) in [5.41, 5.74) is 1.52. The Hall–Kier alpha value is -3.10. The van der Waals surface area contributed by atoms with Crippen molar-refractivity contribution in [3.05, 3.63) is 62.7 Å². The smallest absolute Gasteiger partial charge is 0.360 e. The monoisotopic (exact) mass is 395 g/mol. The van der Waals surface area contributed by atoms with Gasteiger partial charge in [0.2, 0.25) is 5.91 Å². The minimum Gasteiger partial charge on any atom is -0.360 e. The van der Waals surface area contributed by atoms with Crippen molar-refractivity contribution in [3.63, 3.8) is 0 Å². The quantitative estimate of drug-likeness (QED) is 0.592. The van der Waals surface area contributed by atoms with Gasteiger partial charge in [-0.2, -0.15) is 13.2 Å². The first-order valence-corrected chi connectivity index (χ1v) is 8.34. The second-order valence-corrected chi connectivity index (χ2v) is 6.64. The molecule has 1 N–H and O–H groups in total. The number of carbonyl (C=O) groups excluding carboxylic acids is 1. The molecule has 0 heterocycles. The Morgan fingerprint density at radius 3 is 2.21 bits per heavy atom. The summed E-state index contributed by atoms with van der Waals surface area (Å²) in [4.78, 5) is 24.0. The van der Waals surface area contributed by atoms with Crippen molar-refractivity contribution in [2.45, 2.75) is 26.9 Å². The van der Waals surface area contributed by atoms with Crippen LogP contribution in [0.2, 0.25) is 0 Å². The van der Waals surface area contributed by atoms with Gasteiger partial charge in [0.15, 0.2) is 0 Å². The second kappa shape index (κ2) is 7.87. The molecule has 0 bridgehead atoms. The van der Waals surface area contributed by atoms with Crippen molar-refractivity contribution in [1.82, 2.24) is 0 Å². The minimum atomic E-state index is -4.69. The number of alkyl halides is 3. The maximum Gasteiger partial charge on any atom is 0.416 e. The number of hydrogen-bond donors (Lipinski definition) is 1. The van der Waals surface area contributed by atoms with Crippen LogP contribution >= 0.6 is 0 Å². The van der Waals surface area contributed by atoms with Crippen molar-refractivity contribution < 1.29 is 22.9 Å². The third-order valence-electron chi connectivity index (χ3n) is 4.23. The SMILES string of the molecule is Cc1cc(C)c(NC(=O)CN(C)c2ccc(C(F)(F)F)cc2[N+](=O)[O-])c(C)c1. The Bertz CT molecular complexity index is 903. The molecule has 0 aliphatic carbocycles. The Labute approximate surface area is 160 Å². The Morgan fingerprint density at radius 2 is 1.71 bits per heavy atom. The zero-order chi connectivity index (χ0) is 21.2. The summed E-state index contributed by atoms with van der Waals surface area (Å²) < 4.78 is 38.5. The van der Waals surface area contributed by atoms with Crippen molar-refractivity contribution in [2.24, 2.45) is 0 Å². The van der Waals surface area contributed by atoms with Crippen LogP contribution in [0.15, 0.2) is 30.3 Å². The third-order valence-corrected chi connectivity index (χ3v) is 4.23. The molecular weight excluding hydrogens is 375 g/mol. The van der Waals surface area contributed by atoms with Gasteiger partial charge in [-0.1, -0.05) is 17.7 Å². The highest BCUT2D eigenvalue weighted by Gasteiger charge is 2.33. The Balaban J connectivity index is 2.24. The van der Waals surface area contributed by atoms with E-state index in [1.165, 1.54) is 11.9 Å². The van der Waals surface area contributed by atoms with E-state index >= 15 is 0 Å². The van der Waals surface area contributed by atoms with Crippen LogP contribution in [-0.2, 0) is 11.0 Å². The van der Waals surface area contributed by atoms with Crippen molar-refractivity contribution in [1.29, 1.82) is 0 Å². The topological polar surface area (TPSA) is 75.5 Å². The largest absolute Gasteiger partial charge is 0.416 e. The Kier molecular flexibility index (Phi) is 5.96. The van der Waals surface area contributed by atoms with Crippen LogP contribution in [0.3, 0.4) is 0 Å². The van der Waals surface area contributed by atoms with E-state index in [4.69, 9.17) is 0 Å². The molecule has 9 heteroatoms. The lowest BCUT2D eigenvalue weighted by Gasteiger charge is -2.20. The number of halogens is 3. The molecule has 0 aliphatic heterocycles. The number of nitro groups is 1. The van der Waals surface area contributed by atoms with Gasteiger partial charge in [0.1, 0.15) is 5.69 Å². The van der Waals surface area contributed by atoms with E-state index in [9.17, 15) is 28.1 Å². The van der Waals surface area contributed by atoms with Gasteiger partial charge in [0, 0.05) is 18.8 Å². The van der Waals surface area contributed by atoms with Crippen LogP contribution in [0.1, 0.15) is 22.3 Å². The molecule has 2 aromatic carbocycles. The highest BCUT2D eigenvalue weighted by Crippen LogP contribution is 2.36. The maximum atomic E-state index is 12.8. The number of aryl methyl sites for hydroxylation is 3. The highest BCUT2D eigenvalue weighted by atomic mass is 19.4. The molecule has 0 saturated carbocycles. The first-order valence-electron chi connectivity index (χ1n) is 8.34. The number of anilines is 2. The average molecular weight is 395 g/mol. The molecule has 0 unspecified atom stereocenters. The van der Waals surface area contributed by atoms with Gasteiger partial charge in [-0.25, -0.2) is 0 Å². The molecule has 2 rings (SSSR count). The normalized spacial score (nSPS) is 11.2. The standard InChI is InChI=1S/C19H20F3N3O3/c1-11-7-12(2)18(13(3)8-11)23-17(26)10-24(4)15-6-5-14(19(20,21)22)9-16(15)25(27)28/h5-9H,10H2,1-4H3,(H,23,26). The first kappa shape index (κ1) is 21.2. The zero-order valence-electron chi connectivity index (χ0n) is 15.8. The van der Waals surface area contributed by atoms with Gasteiger partial charge < -0.3 is 10.2 Å². The molecule has 28 heavy (non-hydrogen) atoms. The Morgan fingerprint density at radius 1 is 1.14 bits per heavy atom. The number of rotatable bonds is 5. The summed E-state index contributed by atoms with van der Waals surface area (Å²) in [5.74, 6) is -0.438. The van der Waals surface area contributed by atoms with Gasteiger partial charge >= 0.3 is 6.18 Å². The van der Waals surface area contributed by atoms with E-state index in [2.05, 4.69) is 5.32 Å². The molecule has 2 aromatic rings. The molecule has 6 nitrogen and oxygen atoms in total. The highest BCUT2D eigenvalue weighted by molar-refractivity contribution is 5.95. The van der Waals surface area contributed by atoms with Crippen LogP contribution < -0.4 is 10.2 Å². The van der Waals surface area contributed by atoms with Crippen LogP contribution in [0.5, 0.6) is 0 Å². The number of amides is 1. The molecule has 0 fully saturated rings. The number of likely N-dealkylation sites (N-methyl/N-ethyl adjacent to an activating group) is 1. The number of benzene rings is 2. The third kappa shape index (κ3) is 4.79. The fourth-order valence-corrected chi connectivity index (χ4v) is 3.03. The van der Waals surface area contributed by atoms with E-state index in [0.717, 1.165) is 28.8 Å². The summed E-state index contributed by atoms with van der Waals surface area (Å²) in [5, 5.41) is 14.0. The second-order valence-electron chi connectivity index (χ2n) is 6.64. The van der Waals surface area contributed by atoms with Gasteiger partial charge in [0.25, 0.3) is 5.69 Å². The fraction of sp³-hybridized carbons (Fsp3) is 0.316. The summed E-state index contributed by atoms with van der Waals surface area (Å²) in [6.45, 7) is 5.36. The van der Waals surface area contributed by atoms with Gasteiger partial charge in [0.05, 0.1) is 17.0 Å². The number of carbonyl (C=O) groups is 1. The lowest BCUT2D eigenvalue weighted by molar-refractivity contribution is -0.384. The van der Waals surface area contributed by atoms with E-state index in [0.29, 0.717) is 11.8 Å². The van der Waals surface area contributed by atoms with Crippen LogP contribution in [0.4, 0.5) is 30.2 Å². The molecule has 0 saturated heterocycles. The lowest BCUT2D eigenvalue weighted by Crippen LogP contribution is -2.31. The number of nitrogens with zero attached hydrogens (tertiary/aromatic N) is 2. The molecule has 0 spiro atoms. The molecule has 0 radical (unpaired) electrons. The van der Waals surface area contributed by atoms with E-state index in [1.54, 1.807) is 0 Å². The average Bonchev–Trinajstić information content (AvgIpc) is 2.56. The summed E-state index contributed by atoms with van der Waals surface area (Å²) in [6, 6.07) is 6.04. The maximum absolute atomic E-state index is 12.8. The molecule has 1 amide bonds. The van der Waals surface area contributed by atoms with Crippen molar-refractivity contribution in [2.75, 3.05) is 23.8 Å². The predicted octanol–water partition coefficient (Wildman–Crippen LogP) is 4.61. The van der Waals surface area contributed by atoms with Crippen LogP contribution in [0, 0.1) is 30.9 Å². The zero-order valence-corrected chi connectivity index (χ0v) is 15.8. The number of hydrogen-bond acceptors (Lipinski definition) is 4. The van der Waals surface area contributed by atoms with Crippen molar-refractivity contribution in [3.8, 4) is 0 Å². The molecule has 150 valence electrons. The van der Waals surface area contributed by atoms with Gasteiger partial charge in [-0.15, -0.1) is 0 Å². The predicted molar refractivity (Wildman–Crippen MR) is 101 cm³/mol.